The molecule has 82 valence electrons. The Bertz CT molecular complexity index is 346. The number of aryl methyl sites for hydroxylation is 1. The standard InChI is InChI=1S/C11H14O4/c1-3-14-7-15-10-5-4-8(2)6-9(10)11(12)13/h4-6H,3,7H2,1-2H3,(H,12,13). The molecule has 15 heavy (non-hydrogen) atoms. The lowest BCUT2D eigenvalue weighted by Gasteiger charge is -2.09. The van der Waals surface area contributed by atoms with E-state index in [1.54, 1.807) is 18.2 Å². The number of rotatable bonds is 5. The van der Waals surface area contributed by atoms with Gasteiger partial charge in [0.05, 0.1) is 0 Å². The van der Waals surface area contributed by atoms with Crippen LogP contribution in [0.2, 0.25) is 0 Å². The van der Waals surface area contributed by atoms with Gasteiger partial charge in [-0.2, -0.15) is 0 Å². The molecule has 0 saturated carbocycles. The van der Waals surface area contributed by atoms with Gasteiger partial charge in [0.15, 0.2) is 6.79 Å². The number of aromatic carboxylic acids is 1. The van der Waals surface area contributed by atoms with Crippen LogP contribution < -0.4 is 4.74 Å². The highest BCUT2D eigenvalue weighted by atomic mass is 16.7. The topological polar surface area (TPSA) is 55.8 Å². The summed E-state index contributed by atoms with van der Waals surface area (Å²) in [7, 11) is 0. The zero-order valence-corrected chi connectivity index (χ0v) is 8.82. The molecule has 1 N–H and O–H groups in total. The Hall–Kier alpha value is -1.55. The third kappa shape index (κ3) is 3.25. The Morgan fingerprint density at radius 3 is 2.80 bits per heavy atom. The van der Waals surface area contributed by atoms with Gasteiger partial charge in [0.1, 0.15) is 11.3 Å². The molecule has 0 unspecified atom stereocenters. The van der Waals surface area contributed by atoms with E-state index in [2.05, 4.69) is 0 Å². The van der Waals surface area contributed by atoms with Gasteiger partial charge in [-0.15, -0.1) is 0 Å². The van der Waals surface area contributed by atoms with Crippen LogP contribution in [0.3, 0.4) is 0 Å². The number of hydrogen-bond acceptors (Lipinski definition) is 3. The van der Waals surface area contributed by atoms with Crippen LogP contribution in [0.5, 0.6) is 5.75 Å². The van der Waals surface area contributed by atoms with E-state index in [4.69, 9.17) is 14.6 Å². The van der Waals surface area contributed by atoms with Crippen LogP contribution >= 0.6 is 0 Å². The van der Waals surface area contributed by atoms with E-state index in [0.717, 1.165) is 5.56 Å². The molecule has 0 saturated heterocycles. The smallest absolute Gasteiger partial charge is 0.339 e. The van der Waals surface area contributed by atoms with Crippen LogP contribution in [-0.4, -0.2) is 24.5 Å². The minimum absolute atomic E-state index is 0.0693. The van der Waals surface area contributed by atoms with Crippen LogP contribution in [-0.2, 0) is 4.74 Å². The number of carbonyl (C=O) groups is 1. The predicted octanol–water partition coefficient (Wildman–Crippen LogP) is 2.07. The molecule has 0 bridgehead atoms. The van der Waals surface area contributed by atoms with Crippen LogP contribution in [0.15, 0.2) is 18.2 Å². The van der Waals surface area contributed by atoms with Gasteiger partial charge in [0.25, 0.3) is 0 Å². The molecule has 0 spiro atoms. The summed E-state index contributed by atoms with van der Waals surface area (Å²) in [5.41, 5.74) is 1.05. The maximum atomic E-state index is 10.9. The van der Waals surface area contributed by atoms with Crippen molar-refractivity contribution in [2.75, 3.05) is 13.4 Å². The normalized spacial score (nSPS) is 10.0. The molecule has 0 heterocycles. The highest BCUT2D eigenvalue weighted by Gasteiger charge is 2.10. The van der Waals surface area contributed by atoms with E-state index in [1.165, 1.54) is 0 Å². The number of ether oxygens (including phenoxy) is 2. The van der Waals surface area contributed by atoms with Gasteiger partial charge in [-0.05, 0) is 26.0 Å². The number of hydrogen-bond donors (Lipinski definition) is 1. The van der Waals surface area contributed by atoms with E-state index < -0.39 is 5.97 Å². The van der Waals surface area contributed by atoms with Gasteiger partial charge >= 0.3 is 5.97 Å². The molecule has 4 heteroatoms. The van der Waals surface area contributed by atoms with E-state index in [1.807, 2.05) is 13.8 Å². The molecular weight excluding hydrogens is 196 g/mol. The first kappa shape index (κ1) is 11.5. The van der Waals surface area contributed by atoms with Gasteiger partial charge in [0, 0.05) is 6.61 Å². The third-order valence-electron chi connectivity index (χ3n) is 1.87. The highest BCUT2D eigenvalue weighted by molar-refractivity contribution is 5.91. The molecule has 0 fully saturated rings. The first-order valence-corrected chi connectivity index (χ1v) is 4.69. The predicted molar refractivity (Wildman–Crippen MR) is 55.3 cm³/mol. The molecule has 0 aliphatic carbocycles. The zero-order valence-electron chi connectivity index (χ0n) is 8.82. The lowest BCUT2D eigenvalue weighted by molar-refractivity contribution is 0.0213. The Morgan fingerprint density at radius 2 is 2.20 bits per heavy atom. The van der Waals surface area contributed by atoms with Crippen molar-refractivity contribution in [2.24, 2.45) is 0 Å². The summed E-state index contributed by atoms with van der Waals surface area (Å²) in [6.45, 7) is 4.28. The van der Waals surface area contributed by atoms with Crippen molar-refractivity contribution in [3.8, 4) is 5.75 Å². The summed E-state index contributed by atoms with van der Waals surface area (Å²) in [5, 5.41) is 8.93. The van der Waals surface area contributed by atoms with Gasteiger partial charge in [0.2, 0.25) is 0 Å². The lowest BCUT2D eigenvalue weighted by Crippen LogP contribution is -2.07. The van der Waals surface area contributed by atoms with Crippen molar-refractivity contribution in [2.45, 2.75) is 13.8 Å². The Labute approximate surface area is 88.4 Å². The Balaban J connectivity index is 2.81. The van der Waals surface area contributed by atoms with Gasteiger partial charge < -0.3 is 14.6 Å². The van der Waals surface area contributed by atoms with Gasteiger partial charge in [-0.3, -0.25) is 0 Å². The lowest BCUT2D eigenvalue weighted by atomic mass is 10.1. The number of benzene rings is 1. The van der Waals surface area contributed by atoms with Crippen LogP contribution in [0.4, 0.5) is 0 Å². The summed E-state index contributed by atoms with van der Waals surface area (Å²) in [6.07, 6.45) is 0. The van der Waals surface area contributed by atoms with Crippen molar-refractivity contribution in [3.63, 3.8) is 0 Å². The Morgan fingerprint density at radius 1 is 1.47 bits per heavy atom. The SMILES string of the molecule is CCOCOc1ccc(C)cc1C(=O)O. The van der Waals surface area contributed by atoms with Crippen LogP contribution in [0, 0.1) is 6.92 Å². The van der Waals surface area contributed by atoms with Gasteiger partial charge in [-0.25, -0.2) is 4.79 Å². The summed E-state index contributed by atoms with van der Waals surface area (Å²) < 4.78 is 10.2. The molecule has 0 aliphatic rings. The third-order valence-corrected chi connectivity index (χ3v) is 1.87. The first-order valence-electron chi connectivity index (χ1n) is 4.69. The minimum Gasteiger partial charge on any atom is -0.478 e. The molecule has 0 aliphatic heterocycles. The largest absolute Gasteiger partial charge is 0.478 e. The van der Waals surface area contributed by atoms with Crippen molar-refractivity contribution in [3.05, 3.63) is 29.3 Å². The second kappa shape index (κ2) is 5.36. The fraction of sp³-hybridized carbons (Fsp3) is 0.364. The average molecular weight is 210 g/mol. The van der Waals surface area contributed by atoms with Crippen molar-refractivity contribution in [1.82, 2.24) is 0 Å². The first-order chi connectivity index (χ1) is 7.15. The van der Waals surface area contributed by atoms with Crippen LogP contribution in [0.25, 0.3) is 0 Å². The molecule has 0 amide bonds. The second-order valence-electron chi connectivity index (χ2n) is 3.06. The monoisotopic (exact) mass is 210 g/mol. The van der Waals surface area contributed by atoms with E-state index in [9.17, 15) is 4.79 Å². The van der Waals surface area contributed by atoms with E-state index in [0.29, 0.717) is 12.4 Å². The highest BCUT2D eigenvalue weighted by Crippen LogP contribution is 2.19. The van der Waals surface area contributed by atoms with Crippen molar-refractivity contribution >= 4 is 5.97 Å². The quantitative estimate of drug-likeness (QED) is 0.597. The summed E-state index contributed by atoms with van der Waals surface area (Å²) >= 11 is 0. The molecular formula is C11H14O4. The maximum Gasteiger partial charge on any atom is 0.339 e. The summed E-state index contributed by atoms with van der Waals surface area (Å²) in [5.74, 6) is -0.660. The van der Waals surface area contributed by atoms with E-state index in [-0.39, 0.29) is 12.4 Å². The molecule has 0 atom stereocenters. The molecule has 0 aromatic heterocycles. The summed E-state index contributed by atoms with van der Waals surface area (Å²) in [4.78, 5) is 10.9. The number of carboxylic acids is 1. The maximum absolute atomic E-state index is 10.9. The fourth-order valence-electron chi connectivity index (χ4n) is 1.13. The molecule has 1 rings (SSSR count). The van der Waals surface area contributed by atoms with Crippen molar-refractivity contribution < 1.29 is 19.4 Å². The Kier molecular flexibility index (Phi) is 4.12. The summed E-state index contributed by atoms with van der Waals surface area (Å²) in [6, 6.07) is 5.01. The molecule has 1 aromatic rings. The minimum atomic E-state index is -0.995. The molecule has 0 radical (unpaired) electrons. The van der Waals surface area contributed by atoms with Crippen molar-refractivity contribution in [1.29, 1.82) is 0 Å². The fourth-order valence-corrected chi connectivity index (χ4v) is 1.13. The number of carboxylic acid groups (broad SMARTS) is 1. The van der Waals surface area contributed by atoms with E-state index >= 15 is 0 Å². The van der Waals surface area contributed by atoms with Gasteiger partial charge in [-0.1, -0.05) is 11.6 Å². The molecule has 1 aromatic carbocycles. The average Bonchev–Trinajstić information content (AvgIpc) is 2.20. The zero-order chi connectivity index (χ0) is 11.3. The second-order valence-corrected chi connectivity index (χ2v) is 3.06. The molecule has 4 nitrogen and oxygen atoms in total. The van der Waals surface area contributed by atoms with Crippen LogP contribution in [0.1, 0.15) is 22.8 Å².